The van der Waals surface area contributed by atoms with E-state index < -0.39 is 0 Å². The SMILES string of the molecule is CCOC(=O)c1[nH]cc2c1C1CCC2C=C1c1ccc(Br)cc1. The summed E-state index contributed by atoms with van der Waals surface area (Å²) < 4.78 is 6.30. The van der Waals surface area contributed by atoms with Crippen LogP contribution in [0.3, 0.4) is 0 Å². The Bertz CT molecular complexity index is 788. The summed E-state index contributed by atoms with van der Waals surface area (Å²) in [4.78, 5) is 15.4. The summed E-state index contributed by atoms with van der Waals surface area (Å²) in [5, 5.41) is 0. The topological polar surface area (TPSA) is 42.1 Å². The van der Waals surface area contributed by atoms with Gasteiger partial charge in [0.15, 0.2) is 0 Å². The Morgan fingerprint density at radius 2 is 2.09 bits per heavy atom. The van der Waals surface area contributed by atoms with Gasteiger partial charge in [-0.15, -0.1) is 0 Å². The van der Waals surface area contributed by atoms with E-state index in [0.29, 0.717) is 18.2 Å². The fourth-order valence-corrected chi connectivity index (χ4v) is 4.17. The molecule has 0 spiro atoms. The zero-order valence-electron chi connectivity index (χ0n) is 12.9. The van der Waals surface area contributed by atoms with E-state index in [1.807, 2.05) is 13.1 Å². The van der Waals surface area contributed by atoms with E-state index in [1.54, 1.807) is 0 Å². The number of hydrogen-bond acceptors (Lipinski definition) is 2. The van der Waals surface area contributed by atoms with Gasteiger partial charge >= 0.3 is 5.97 Å². The smallest absolute Gasteiger partial charge is 0.355 e. The van der Waals surface area contributed by atoms with Crippen LogP contribution in [-0.2, 0) is 4.74 Å². The molecule has 2 aromatic rings. The molecule has 1 N–H and O–H groups in total. The molecule has 5 rings (SSSR count). The summed E-state index contributed by atoms with van der Waals surface area (Å²) in [5.41, 5.74) is 5.64. The molecule has 3 aliphatic carbocycles. The van der Waals surface area contributed by atoms with Gasteiger partial charge in [-0.1, -0.05) is 34.1 Å². The van der Waals surface area contributed by atoms with Crippen LogP contribution in [-0.4, -0.2) is 17.6 Å². The molecule has 23 heavy (non-hydrogen) atoms. The van der Waals surface area contributed by atoms with Crippen LogP contribution in [0.1, 0.15) is 58.8 Å². The molecule has 1 heterocycles. The van der Waals surface area contributed by atoms with Crippen molar-refractivity contribution in [2.45, 2.75) is 31.6 Å². The van der Waals surface area contributed by atoms with Crippen molar-refractivity contribution in [1.82, 2.24) is 4.98 Å². The first-order valence-corrected chi connectivity index (χ1v) is 8.84. The zero-order valence-corrected chi connectivity index (χ0v) is 14.5. The van der Waals surface area contributed by atoms with E-state index in [0.717, 1.165) is 22.9 Å². The molecule has 0 fully saturated rings. The molecule has 0 saturated carbocycles. The molecule has 2 unspecified atom stereocenters. The summed E-state index contributed by atoms with van der Waals surface area (Å²) in [7, 11) is 0. The van der Waals surface area contributed by atoms with Crippen LogP contribution in [0, 0.1) is 0 Å². The van der Waals surface area contributed by atoms with Gasteiger partial charge in [-0.2, -0.15) is 0 Å². The first-order valence-electron chi connectivity index (χ1n) is 8.05. The maximum Gasteiger partial charge on any atom is 0.355 e. The fourth-order valence-electron chi connectivity index (χ4n) is 3.91. The summed E-state index contributed by atoms with van der Waals surface area (Å²) >= 11 is 3.49. The minimum Gasteiger partial charge on any atom is -0.461 e. The van der Waals surface area contributed by atoms with Crippen LogP contribution in [0.4, 0.5) is 0 Å². The predicted octanol–water partition coefficient (Wildman–Crippen LogP) is 5.01. The molecule has 1 aromatic carbocycles. The monoisotopic (exact) mass is 371 g/mol. The molecule has 0 radical (unpaired) electrons. The number of esters is 1. The largest absolute Gasteiger partial charge is 0.461 e. The average molecular weight is 372 g/mol. The van der Waals surface area contributed by atoms with Crippen molar-refractivity contribution in [3.05, 3.63) is 63.4 Å². The lowest BCUT2D eigenvalue weighted by Gasteiger charge is -2.36. The van der Waals surface area contributed by atoms with E-state index in [2.05, 4.69) is 51.3 Å². The van der Waals surface area contributed by atoms with Gasteiger partial charge in [0.1, 0.15) is 5.69 Å². The number of rotatable bonds is 3. The van der Waals surface area contributed by atoms with Gasteiger partial charge in [0.05, 0.1) is 6.61 Å². The molecular formula is C19H18BrNO2. The number of halogens is 1. The number of benzene rings is 1. The van der Waals surface area contributed by atoms with Crippen molar-refractivity contribution in [3.63, 3.8) is 0 Å². The van der Waals surface area contributed by atoms with Gasteiger partial charge in [-0.05, 0) is 54.2 Å². The Balaban J connectivity index is 1.77. The van der Waals surface area contributed by atoms with E-state index in [1.165, 1.54) is 16.7 Å². The predicted molar refractivity (Wildman–Crippen MR) is 93.6 cm³/mol. The molecule has 4 heteroatoms. The number of aromatic nitrogens is 1. The number of carbonyl (C=O) groups is 1. The fraction of sp³-hybridized carbons (Fsp3) is 0.316. The highest BCUT2D eigenvalue weighted by molar-refractivity contribution is 9.10. The van der Waals surface area contributed by atoms with Gasteiger partial charge in [0.2, 0.25) is 0 Å². The number of ether oxygens (including phenoxy) is 1. The minimum atomic E-state index is -0.239. The second-order valence-corrected chi connectivity index (χ2v) is 7.03. The van der Waals surface area contributed by atoms with Gasteiger partial charge in [0.25, 0.3) is 0 Å². The molecular weight excluding hydrogens is 354 g/mol. The lowest BCUT2D eigenvalue weighted by atomic mass is 9.67. The molecule has 0 aliphatic heterocycles. The Labute approximate surface area is 143 Å². The van der Waals surface area contributed by atoms with Gasteiger partial charge in [0, 0.05) is 22.5 Å². The molecule has 0 amide bonds. The molecule has 0 saturated heterocycles. The van der Waals surface area contributed by atoms with Crippen LogP contribution in [0.5, 0.6) is 0 Å². The Hall–Kier alpha value is -1.81. The molecule has 3 aliphatic rings. The highest BCUT2D eigenvalue weighted by Gasteiger charge is 2.38. The molecule has 118 valence electrons. The van der Waals surface area contributed by atoms with Crippen molar-refractivity contribution in [2.24, 2.45) is 0 Å². The third-order valence-corrected chi connectivity index (χ3v) is 5.41. The van der Waals surface area contributed by atoms with E-state index in [-0.39, 0.29) is 11.9 Å². The molecule has 3 nitrogen and oxygen atoms in total. The van der Waals surface area contributed by atoms with Crippen LogP contribution in [0.15, 0.2) is 41.0 Å². The normalized spacial score (nSPS) is 21.7. The quantitative estimate of drug-likeness (QED) is 0.770. The van der Waals surface area contributed by atoms with Crippen molar-refractivity contribution in [3.8, 4) is 0 Å². The zero-order chi connectivity index (χ0) is 16.0. The summed E-state index contributed by atoms with van der Waals surface area (Å²) in [6.45, 7) is 2.24. The molecule has 1 aromatic heterocycles. The number of carbonyl (C=O) groups excluding carboxylic acids is 1. The van der Waals surface area contributed by atoms with Gasteiger partial charge in [-0.3, -0.25) is 0 Å². The number of aromatic amines is 1. The van der Waals surface area contributed by atoms with Crippen molar-refractivity contribution in [2.75, 3.05) is 6.61 Å². The summed E-state index contributed by atoms with van der Waals surface area (Å²) in [6.07, 6.45) is 6.61. The number of H-pyrrole nitrogens is 1. The van der Waals surface area contributed by atoms with Crippen molar-refractivity contribution < 1.29 is 9.53 Å². The van der Waals surface area contributed by atoms with E-state index in [4.69, 9.17) is 4.74 Å². The lowest BCUT2D eigenvalue weighted by Crippen LogP contribution is -2.22. The number of fused-ring (bicyclic) bond motifs is 1. The van der Waals surface area contributed by atoms with Crippen molar-refractivity contribution >= 4 is 27.5 Å². The Morgan fingerprint density at radius 1 is 1.30 bits per heavy atom. The number of nitrogens with one attached hydrogen (secondary N) is 1. The third kappa shape index (κ3) is 2.36. The Kier molecular flexibility index (Phi) is 3.64. The number of hydrogen-bond donors (Lipinski definition) is 1. The second kappa shape index (κ2) is 5.68. The first kappa shape index (κ1) is 14.8. The standard InChI is InChI=1S/C19H18BrNO2/c1-2-23-19(22)18-17-14-8-5-12(16(17)10-21-18)9-15(14)11-3-6-13(20)7-4-11/h3-4,6-7,9-10,12,14,21H,2,5,8H2,1H3. The highest BCUT2D eigenvalue weighted by Crippen LogP contribution is 2.53. The van der Waals surface area contributed by atoms with Crippen LogP contribution in [0.2, 0.25) is 0 Å². The average Bonchev–Trinajstić information content (AvgIpc) is 3.03. The van der Waals surface area contributed by atoms with Crippen LogP contribution >= 0.6 is 15.9 Å². The maximum absolute atomic E-state index is 12.3. The maximum atomic E-state index is 12.3. The second-order valence-electron chi connectivity index (χ2n) is 6.12. The molecule has 2 bridgehead atoms. The van der Waals surface area contributed by atoms with E-state index in [9.17, 15) is 4.79 Å². The third-order valence-electron chi connectivity index (χ3n) is 4.88. The lowest BCUT2D eigenvalue weighted by molar-refractivity contribution is 0.0518. The van der Waals surface area contributed by atoms with Gasteiger partial charge < -0.3 is 9.72 Å². The minimum absolute atomic E-state index is 0.239. The first-order chi connectivity index (χ1) is 11.2. The van der Waals surface area contributed by atoms with Crippen LogP contribution < -0.4 is 0 Å². The summed E-state index contributed by atoms with van der Waals surface area (Å²) in [5.74, 6) is 0.436. The molecule has 2 atom stereocenters. The number of allylic oxidation sites excluding steroid dienone is 2. The van der Waals surface area contributed by atoms with Crippen molar-refractivity contribution in [1.29, 1.82) is 0 Å². The van der Waals surface area contributed by atoms with E-state index >= 15 is 0 Å². The van der Waals surface area contributed by atoms with Crippen LogP contribution in [0.25, 0.3) is 5.57 Å². The summed E-state index contributed by atoms with van der Waals surface area (Å²) in [6, 6.07) is 8.44. The van der Waals surface area contributed by atoms with Gasteiger partial charge in [-0.25, -0.2) is 4.79 Å². The highest BCUT2D eigenvalue weighted by atomic mass is 79.9. The Morgan fingerprint density at radius 3 is 2.83 bits per heavy atom.